The Bertz CT molecular complexity index is 821. The number of anilines is 1. The Morgan fingerprint density at radius 2 is 2.08 bits per heavy atom. The van der Waals surface area contributed by atoms with Crippen molar-refractivity contribution in [1.29, 1.82) is 0 Å². The van der Waals surface area contributed by atoms with Gasteiger partial charge in [0, 0.05) is 17.3 Å². The smallest absolute Gasteiger partial charge is 0.251 e. The van der Waals surface area contributed by atoms with E-state index in [-0.39, 0.29) is 5.91 Å². The highest BCUT2D eigenvalue weighted by molar-refractivity contribution is 7.13. The van der Waals surface area contributed by atoms with Gasteiger partial charge < -0.3 is 10.6 Å². The maximum atomic E-state index is 11.9. The zero-order valence-corrected chi connectivity index (χ0v) is 13.8. The SMILES string of the molecule is O=C(NC1CC1)c1ccc(NCc2nc(-c3cccs3)n[nH]2)cc1. The summed E-state index contributed by atoms with van der Waals surface area (Å²) >= 11 is 1.61. The Morgan fingerprint density at radius 3 is 2.79 bits per heavy atom. The Morgan fingerprint density at radius 1 is 1.25 bits per heavy atom. The Hall–Kier alpha value is -2.67. The number of hydrogen-bond acceptors (Lipinski definition) is 5. The first-order valence-corrected chi connectivity index (χ1v) is 8.76. The maximum absolute atomic E-state index is 11.9. The van der Waals surface area contributed by atoms with Crippen LogP contribution in [0.4, 0.5) is 5.69 Å². The second-order valence-corrected chi connectivity index (χ2v) is 6.71. The first kappa shape index (κ1) is 14.9. The molecule has 1 aromatic carbocycles. The van der Waals surface area contributed by atoms with E-state index in [0.29, 0.717) is 24.0 Å². The second kappa shape index (κ2) is 6.45. The predicted molar refractivity (Wildman–Crippen MR) is 94.0 cm³/mol. The molecule has 3 aromatic rings. The molecule has 6 nitrogen and oxygen atoms in total. The molecule has 1 aliphatic rings. The first-order valence-electron chi connectivity index (χ1n) is 7.88. The molecule has 0 atom stereocenters. The van der Waals surface area contributed by atoms with E-state index in [1.807, 2.05) is 41.8 Å². The number of carbonyl (C=O) groups excluding carboxylic acids is 1. The maximum Gasteiger partial charge on any atom is 0.251 e. The predicted octanol–water partition coefficient (Wildman–Crippen LogP) is 3.04. The lowest BCUT2D eigenvalue weighted by atomic mass is 10.2. The summed E-state index contributed by atoms with van der Waals surface area (Å²) in [5.74, 6) is 1.49. The zero-order valence-electron chi connectivity index (χ0n) is 13.0. The number of aromatic nitrogens is 3. The number of rotatable bonds is 6. The van der Waals surface area contributed by atoms with Crippen molar-refractivity contribution < 1.29 is 4.79 Å². The van der Waals surface area contributed by atoms with Crippen LogP contribution in [0.2, 0.25) is 0 Å². The minimum absolute atomic E-state index is 0.000116. The normalized spacial score (nSPS) is 13.7. The molecule has 2 heterocycles. The number of aromatic amines is 1. The highest BCUT2D eigenvalue weighted by Gasteiger charge is 2.23. The van der Waals surface area contributed by atoms with Gasteiger partial charge in [-0.1, -0.05) is 6.07 Å². The number of thiophene rings is 1. The van der Waals surface area contributed by atoms with Crippen LogP contribution in [0.15, 0.2) is 41.8 Å². The van der Waals surface area contributed by atoms with Crippen molar-refractivity contribution in [2.45, 2.75) is 25.4 Å². The first-order chi connectivity index (χ1) is 11.8. The van der Waals surface area contributed by atoms with E-state index >= 15 is 0 Å². The van der Waals surface area contributed by atoms with Crippen molar-refractivity contribution in [3.8, 4) is 10.7 Å². The standard InChI is InChI=1S/C17H17N5OS/c23-17(19-13-7-8-13)11-3-5-12(6-4-11)18-10-15-20-16(22-21-15)14-2-1-9-24-14/h1-6,9,13,18H,7-8,10H2,(H,19,23)(H,20,21,22). The van der Waals surface area contributed by atoms with E-state index < -0.39 is 0 Å². The zero-order chi connectivity index (χ0) is 16.4. The van der Waals surface area contributed by atoms with Gasteiger partial charge in [0.15, 0.2) is 5.82 Å². The molecular formula is C17H17N5OS. The van der Waals surface area contributed by atoms with Gasteiger partial charge in [-0.15, -0.1) is 11.3 Å². The van der Waals surface area contributed by atoms with E-state index in [4.69, 9.17) is 0 Å². The van der Waals surface area contributed by atoms with Crippen molar-refractivity contribution in [3.63, 3.8) is 0 Å². The molecule has 1 fully saturated rings. The number of amides is 1. The summed E-state index contributed by atoms with van der Waals surface area (Å²) in [6.45, 7) is 0.548. The summed E-state index contributed by atoms with van der Waals surface area (Å²) in [6, 6.07) is 11.8. The minimum atomic E-state index is -0.000116. The van der Waals surface area contributed by atoms with Gasteiger partial charge in [-0.3, -0.25) is 9.89 Å². The van der Waals surface area contributed by atoms with Crippen LogP contribution in [-0.4, -0.2) is 27.1 Å². The Balaban J connectivity index is 1.34. The van der Waals surface area contributed by atoms with Crippen LogP contribution in [-0.2, 0) is 6.54 Å². The molecular weight excluding hydrogens is 322 g/mol. The van der Waals surface area contributed by atoms with Gasteiger partial charge in [-0.25, -0.2) is 4.98 Å². The van der Waals surface area contributed by atoms with Gasteiger partial charge in [-0.2, -0.15) is 5.10 Å². The molecule has 1 saturated carbocycles. The summed E-state index contributed by atoms with van der Waals surface area (Å²) < 4.78 is 0. The van der Waals surface area contributed by atoms with Crippen molar-refractivity contribution in [2.75, 3.05) is 5.32 Å². The Kier molecular flexibility index (Phi) is 4.00. The van der Waals surface area contributed by atoms with Crippen LogP contribution in [0.1, 0.15) is 29.0 Å². The number of nitrogens with zero attached hydrogens (tertiary/aromatic N) is 2. The third kappa shape index (κ3) is 3.46. The number of carbonyl (C=O) groups is 1. The number of nitrogens with one attached hydrogen (secondary N) is 3. The number of hydrogen-bond donors (Lipinski definition) is 3. The van der Waals surface area contributed by atoms with Gasteiger partial charge in [0.25, 0.3) is 5.91 Å². The second-order valence-electron chi connectivity index (χ2n) is 5.76. The lowest BCUT2D eigenvalue weighted by Crippen LogP contribution is -2.25. The lowest BCUT2D eigenvalue weighted by molar-refractivity contribution is 0.0951. The average Bonchev–Trinajstić information content (AvgIpc) is 3.08. The monoisotopic (exact) mass is 339 g/mol. The van der Waals surface area contributed by atoms with Gasteiger partial charge in [0.2, 0.25) is 0 Å². The van der Waals surface area contributed by atoms with Crippen molar-refractivity contribution in [1.82, 2.24) is 20.5 Å². The number of benzene rings is 1. The van der Waals surface area contributed by atoms with Crippen molar-refractivity contribution in [2.24, 2.45) is 0 Å². The van der Waals surface area contributed by atoms with Crippen LogP contribution < -0.4 is 10.6 Å². The molecule has 0 bridgehead atoms. The fraction of sp³-hybridized carbons (Fsp3) is 0.235. The summed E-state index contributed by atoms with van der Waals surface area (Å²) in [4.78, 5) is 17.5. The molecule has 24 heavy (non-hydrogen) atoms. The quantitative estimate of drug-likeness (QED) is 0.645. The molecule has 0 unspecified atom stereocenters. The van der Waals surface area contributed by atoms with Crippen LogP contribution in [0.5, 0.6) is 0 Å². The Labute approximate surface area is 143 Å². The lowest BCUT2D eigenvalue weighted by Gasteiger charge is -2.06. The van der Waals surface area contributed by atoms with Crippen LogP contribution in [0, 0.1) is 0 Å². The molecule has 1 aliphatic carbocycles. The van der Waals surface area contributed by atoms with Gasteiger partial charge in [0.1, 0.15) is 5.82 Å². The molecule has 122 valence electrons. The minimum Gasteiger partial charge on any atom is -0.378 e. The number of H-pyrrole nitrogens is 1. The third-order valence-corrected chi connectivity index (χ3v) is 4.66. The highest BCUT2D eigenvalue weighted by Crippen LogP contribution is 2.21. The van der Waals surface area contributed by atoms with Crippen LogP contribution in [0.3, 0.4) is 0 Å². The van der Waals surface area contributed by atoms with Gasteiger partial charge >= 0.3 is 0 Å². The van der Waals surface area contributed by atoms with Gasteiger partial charge in [0.05, 0.1) is 11.4 Å². The summed E-state index contributed by atoms with van der Waals surface area (Å²) in [6.07, 6.45) is 2.19. The van der Waals surface area contributed by atoms with E-state index in [1.54, 1.807) is 11.3 Å². The molecule has 4 rings (SSSR count). The molecule has 3 N–H and O–H groups in total. The van der Waals surface area contributed by atoms with E-state index in [0.717, 1.165) is 29.2 Å². The fourth-order valence-electron chi connectivity index (χ4n) is 2.31. The molecule has 2 aromatic heterocycles. The molecule has 0 saturated heterocycles. The summed E-state index contributed by atoms with van der Waals surface area (Å²) in [5.41, 5.74) is 1.62. The average molecular weight is 339 g/mol. The topological polar surface area (TPSA) is 82.7 Å². The molecule has 0 aliphatic heterocycles. The molecule has 0 spiro atoms. The molecule has 0 radical (unpaired) electrons. The van der Waals surface area contributed by atoms with E-state index in [1.165, 1.54) is 0 Å². The van der Waals surface area contributed by atoms with E-state index in [2.05, 4.69) is 25.8 Å². The third-order valence-electron chi connectivity index (χ3n) is 3.79. The summed E-state index contributed by atoms with van der Waals surface area (Å²) in [7, 11) is 0. The van der Waals surface area contributed by atoms with Crippen LogP contribution in [0.25, 0.3) is 10.7 Å². The summed E-state index contributed by atoms with van der Waals surface area (Å²) in [5, 5.41) is 15.4. The highest BCUT2D eigenvalue weighted by atomic mass is 32.1. The van der Waals surface area contributed by atoms with E-state index in [9.17, 15) is 4.79 Å². The van der Waals surface area contributed by atoms with Crippen molar-refractivity contribution in [3.05, 3.63) is 53.2 Å². The molecule has 1 amide bonds. The largest absolute Gasteiger partial charge is 0.378 e. The van der Waals surface area contributed by atoms with Crippen molar-refractivity contribution >= 4 is 22.9 Å². The fourth-order valence-corrected chi connectivity index (χ4v) is 2.97. The van der Waals surface area contributed by atoms with Gasteiger partial charge in [-0.05, 0) is 48.6 Å². The van der Waals surface area contributed by atoms with Crippen LogP contribution >= 0.6 is 11.3 Å². The molecule has 7 heteroatoms.